The lowest BCUT2D eigenvalue weighted by molar-refractivity contribution is 0.395. The van der Waals surface area contributed by atoms with Crippen molar-refractivity contribution in [3.05, 3.63) is 29.0 Å². The number of hydrogen-bond acceptors (Lipinski definition) is 2. The Morgan fingerprint density at radius 3 is 2.94 bits per heavy atom. The van der Waals surface area contributed by atoms with Crippen molar-refractivity contribution in [3.63, 3.8) is 0 Å². The van der Waals surface area contributed by atoms with Gasteiger partial charge in [-0.1, -0.05) is 18.0 Å². The molecule has 1 fully saturated rings. The summed E-state index contributed by atoms with van der Waals surface area (Å²) >= 11 is 12.0. The number of halogens is 2. The van der Waals surface area contributed by atoms with Gasteiger partial charge in [0.1, 0.15) is 0 Å². The molecular weight excluding hydrogens is 255 g/mol. The van der Waals surface area contributed by atoms with Crippen molar-refractivity contribution < 1.29 is 0 Å². The van der Waals surface area contributed by atoms with E-state index in [1.807, 2.05) is 6.07 Å². The number of aromatic nitrogens is 1. The highest BCUT2D eigenvalue weighted by Crippen LogP contribution is 2.32. The van der Waals surface area contributed by atoms with E-state index in [-0.39, 0.29) is 0 Å². The summed E-state index contributed by atoms with van der Waals surface area (Å²) in [5.74, 6) is 2.22. The van der Waals surface area contributed by atoms with E-state index in [0.29, 0.717) is 5.92 Å². The van der Waals surface area contributed by atoms with Gasteiger partial charge in [0.25, 0.3) is 0 Å². The van der Waals surface area contributed by atoms with Crippen molar-refractivity contribution in [2.45, 2.75) is 25.8 Å². The first-order valence-corrected chi connectivity index (χ1v) is 7.07. The summed E-state index contributed by atoms with van der Waals surface area (Å²) in [4.78, 5) is 3.98. The second kappa shape index (κ2) is 6.58. The topological polar surface area (TPSA) is 24.9 Å². The number of nitrogens with one attached hydrogen (secondary N) is 1. The molecule has 0 aromatic carbocycles. The van der Waals surface area contributed by atoms with Crippen LogP contribution in [0.2, 0.25) is 5.02 Å². The molecular formula is C13H18Cl2N2. The van der Waals surface area contributed by atoms with Gasteiger partial charge in [0.15, 0.2) is 0 Å². The Morgan fingerprint density at radius 2 is 2.18 bits per heavy atom. The average molecular weight is 273 g/mol. The fraction of sp³-hybridized carbons (Fsp3) is 0.615. The number of pyridine rings is 1. The van der Waals surface area contributed by atoms with Crippen LogP contribution in [0.3, 0.4) is 0 Å². The van der Waals surface area contributed by atoms with E-state index in [2.05, 4.69) is 10.3 Å². The summed E-state index contributed by atoms with van der Waals surface area (Å²) in [5.41, 5.74) is 1.11. The minimum atomic E-state index is 0.692. The van der Waals surface area contributed by atoms with Crippen molar-refractivity contribution in [2.24, 2.45) is 11.8 Å². The fourth-order valence-corrected chi connectivity index (χ4v) is 3.12. The molecule has 0 saturated heterocycles. The molecule has 0 amide bonds. The van der Waals surface area contributed by atoms with Crippen molar-refractivity contribution in [1.82, 2.24) is 10.3 Å². The third-order valence-electron chi connectivity index (χ3n) is 3.59. The highest BCUT2D eigenvalue weighted by atomic mass is 35.5. The van der Waals surface area contributed by atoms with E-state index in [0.717, 1.165) is 35.5 Å². The fourth-order valence-electron chi connectivity index (χ4n) is 2.53. The highest BCUT2D eigenvalue weighted by Gasteiger charge is 2.25. The molecule has 17 heavy (non-hydrogen) atoms. The van der Waals surface area contributed by atoms with E-state index >= 15 is 0 Å². The molecule has 0 radical (unpaired) electrons. The molecule has 1 saturated carbocycles. The van der Waals surface area contributed by atoms with E-state index in [9.17, 15) is 0 Å². The van der Waals surface area contributed by atoms with Gasteiger partial charge in [0.05, 0.1) is 5.02 Å². The molecule has 2 rings (SSSR count). The zero-order chi connectivity index (χ0) is 12.1. The molecule has 0 spiro atoms. The van der Waals surface area contributed by atoms with Crippen LogP contribution >= 0.6 is 23.2 Å². The largest absolute Gasteiger partial charge is 0.312 e. The first-order chi connectivity index (χ1) is 8.31. The summed E-state index contributed by atoms with van der Waals surface area (Å²) in [5, 5.41) is 4.21. The Balaban J connectivity index is 1.78. The molecule has 2 nitrogen and oxygen atoms in total. The summed E-state index contributed by atoms with van der Waals surface area (Å²) in [6, 6.07) is 1.96. The third-order valence-corrected chi connectivity index (χ3v) is 4.33. The standard InChI is InChI=1S/C13H18Cl2N2/c14-6-10-2-1-3-11(10)7-17-8-12-4-5-16-9-13(12)15/h4-5,9-11,17H,1-3,6-8H2. The summed E-state index contributed by atoms with van der Waals surface area (Å²) in [7, 11) is 0. The molecule has 1 aromatic heterocycles. The molecule has 0 bridgehead atoms. The zero-order valence-corrected chi connectivity index (χ0v) is 11.3. The summed E-state index contributed by atoms with van der Waals surface area (Å²) in [6.45, 7) is 1.85. The van der Waals surface area contributed by atoms with Gasteiger partial charge in [-0.15, -0.1) is 11.6 Å². The maximum Gasteiger partial charge on any atom is 0.0634 e. The number of alkyl halides is 1. The van der Waals surface area contributed by atoms with Crippen LogP contribution in [0, 0.1) is 11.8 Å². The van der Waals surface area contributed by atoms with Crippen LogP contribution in [0.15, 0.2) is 18.5 Å². The van der Waals surface area contributed by atoms with Crippen LogP contribution < -0.4 is 5.32 Å². The Kier molecular flexibility index (Phi) is 5.08. The number of hydrogen-bond donors (Lipinski definition) is 1. The predicted octanol–water partition coefficient (Wildman–Crippen LogP) is 3.48. The summed E-state index contributed by atoms with van der Waals surface area (Å²) in [6.07, 6.45) is 7.37. The van der Waals surface area contributed by atoms with Crippen LogP contribution in [0.5, 0.6) is 0 Å². The van der Waals surface area contributed by atoms with Crippen LogP contribution in [0.1, 0.15) is 24.8 Å². The highest BCUT2D eigenvalue weighted by molar-refractivity contribution is 6.31. The van der Waals surface area contributed by atoms with E-state index < -0.39 is 0 Å². The van der Waals surface area contributed by atoms with Crippen molar-refractivity contribution in [1.29, 1.82) is 0 Å². The lowest BCUT2D eigenvalue weighted by Gasteiger charge is -2.17. The van der Waals surface area contributed by atoms with Crippen molar-refractivity contribution in [2.75, 3.05) is 12.4 Å². The summed E-state index contributed by atoms with van der Waals surface area (Å²) < 4.78 is 0. The van der Waals surface area contributed by atoms with Gasteiger partial charge in [-0.2, -0.15) is 0 Å². The molecule has 2 unspecified atom stereocenters. The van der Waals surface area contributed by atoms with Crippen LogP contribution in [-0.4, -0.2) is 17.4 Å². The molecule has 1 N–H and O–H groups in total. The monoisotopic (exact) mass is 272 g/mol. The quantitative estimate of drug-likeness (QED) is 0.831. The molecule has 0 aliphatic heterocycles. The Bertz CT molecular complexity index is 357. The smallest absolute Gasteiger partial charge is 0.0634 e. The molecule has 1 aliphatic carbocycles. The zero-order valence-electron chi connectivity index (χ0n) is 9.83. The lowest BCUT2D eigenvalue weighted by atomic mass is 9.98. The molecule has 1 aliphatic rings. The number of rotatable bonds is 5. The van der Waals surface area contributed by atoms with Gasteiger partial charge in [0.2, 0.25) is 0 Å². The van der Waals surface area contributed by atoms with Gasteiger partial charge < -0.3 is 5.32 Å². The van der Waals surface area contributed by atoms with Crippen molar-refractivity contribution in [3.8, 4) is 0 Å². The van der Waals surface area contributed by atoms with Crippen LogP contribution in [0.4, 0.5) is 0 Å². The first-order valence-electron chi connectivity index (χ1n) is 6.16. The van der Waals surface area contributed by atoms with Crippen molar-refractivity contribution >= 4 is 23.2 Å². The van der Waals surface area contributed by atoms with Gasteiger partial charge >= 0.3 is 0 Å². The molecule has 94 valence electrons. The minimum absolute atomic E-state index is 0.692. The predicted molar refractivity (Wildman–Crippen MR) is 72.5 cm³/mol. The van der Waals surface area contributed by atoms with Crippen LogP contribution in [-0.2, 0) is 6.54 Å². The Hall–Kier alpha value is -0.310. The second-order valence-electron chi connectivity index (χ2n) is 4.70. The van der Waals surface area contributed by atoms with Gasteiger partial charge in [-0.3, -0.25) is 4.98 Å². The van der Waals surface area contributed by atoms with Crippen LogP contribution in [0.25, 0.3) is 0 Å². The van der Waals surface area contributed by atoms with E-state index in [4.69, 9.17) is 23.2 Å². The normalized spacial score (nSPS) is 24.1. The first kappa shape index (κ1) is 13.1. The second-order valence-corrected chi connectivity index (χ2v) is 5.42. The molecule has 1 aromatic rings. The third kappa shape index (κ3) is 3.57. The average Bonchev–Trinajstić information content (AvgIpc) is 2.79. The van der Waals surface area contributed by atoms with E-state index in [1.165, 1.54) is 19.3 Å². The molecule has 2 atom stereocenters. The van der Waals surface area contributed by atoms with Gasteiger partial charge in [0, 0.05) is 24.8 Å². The van der Waals surface area contributed by atoms with Gasteiger partial charge in [-0.05, 0) is 42.9 Å². The molecule has 1 heterocycles. The maximum absolute atomic E-state index is 6.05. The maximum atomic E-state index is 6.05. The Labute approximate surface area is 113 Å². The minimum Gasteiger partial charge on any atom is -0.312 e. The number of nitrogens with zero attached hydrogens (tertiary/aromatic N) is 1. The van der Waals surface area contributed by atoms with E-state index in [1.54, 1.807) is 12.4 Å². The van der Waals surface area contributed by atoms with Gasteiger partial charge in [-0.25, -0.2) is 0 Å². The SMILES string of the molecule is ClCC1CCCC1CNCc1ccncc1Cl. The molecule has 4 heteroatoms. The lowest BCUT2D eigenvalue weighted by Crippen LogP contribution is -2.25. The Morgan fingerprint density at radius 1 is 1.35 bits per heavy atom.